The molecule has 0 atom stereocenters. The molecule has 0 bridgehead atoms. The van der Waals surface area contributed by atoms with Gasteiger partial charge < -0.3 is 0 Å². The molecule has 0 radical (unpaired) electrons. The zero-order valence-electron chi connectivity index (χ0n) is 11.4. The Bertz CT molecular complexity index is 778. The van der Waals surface area contributed by atoms with Gasteiger partial charge in [-0.3, -0.25) is 30.6 Å². The van der Waals surface area contributed by atoms with Crippen LogP contribution in [0.25, 0.3) is 0 Å². The van der Waals surface area contributed by atoms with Crippen molar-refractivity contribution in [3.05, 3.63) is 75.3 Å². The van der Waals surface area contributed by atoms with Gasteiger partial charge in [0.25, 0.3) is 17.5 Å². The van der Waals surface area contributed by atoms with Crippen molar-refractivity contribution in [1.29, 1.82) is 0 Å². The summed E-state index contributed by atoms with van der Waals surface area (Å²) in [7, 11) is 0. The average Bonchev–Trinajstić information content (AvgIpc) is 2.52. The molecule has 7 nitrogen and oxygen atoms in total. The summed E-state index contributed by atoms with van der Waals surface area (Å²) >= 11 is 0. The lowest BCUT2D eigenvalue weighted by Crippen LogP contribution is -2.41. The van der Waals surface area contributed by atoms with Gasteiger partial charge in [0.2, 0.25) is 0 Å². The Morgan fingerprint density at radius 1 is 0.957 bits per heavy atom. The van der Waals surface area contributed by atoms with Crippen LogP contribution >= 0.6 is 0 Å². The van der Waals surface area contributed by atoms with Crippen molar-refractivity contribution >= 4 is 17.5 Å². The summed E-state index contributed by atoms with van der Waals surface area (Å²) in [4.78, 5) is 33.1. The number of rotatable bonds is 3. The first-order chi connectivity index (χ1) is 10.9. The first-order valence-electron chi connectivity index (χ1n) is 6.18. The van der Waals surface area contributed by atoms with E-state index in [1.54, 1.807) is 0 Å². The molecule has 0 heterocycles. The number of nitrogens with one attached hydrogen (secondary N) is 2. The van der Waals surface area contributed by atoms with Crippen molar-refractivity contribution in [3.63, 3.8) is 0 Å². The van der Waals surface area contributed by atoms with Gasteiger partial charge in [-0.05, 0) is 30.3 Å². The lowest BCUT2D eigenvalue weighted by atomic mass is 10.2. The summed E-state index contributed by atoms with van der Waals surface area (Å²) in [6.45, 7) is 0. The number of carbonyl (C=O) groups is 2. The summed E-state index contributed by atoms with van der Waals surface area (Å²) < 4.78 is 26.4. The second kappa shape index (κ2) is 6.60. The maximum atomic E-state index is 13.6. The molecule has 2 aromatic rings. The first-order valence-corrected chi connectivity index (χ1v) is 6.18. The molecule has 2 amide bonds. The molecule has 9 heteroatoms. The molecule has 0 saturated carbocycles. The Labute approximate surface area is 128 Å². The van der Waals surface area contributed by atoms with Crippen molar-refractivity contribution in [2.45, 2.75) is 0 Å². The summed E-state index contributed by atoms with van der Waals surface area (Å²) in [6.07, 6.45) is 0. The molecule has 0 aliphatic heterocycles. The van der Waals surface area contributed by atoms with E-state index in [-0.39, 0.29) is 5.56 Å². The van der Waals surface area contributed by atoms with Crippen LogP contribution in [0.1, 0.15) is 20.7 Å². The molecule has 0 fully saturated rings. The van der Waals surface area contributed by atoms with Crippen molar-refractivity contribution in [2.24, 2.45) is 0 Å². The fourth-order valence-corrected chi connectivity index (χ4v) is 1.66. The smallest absolute Gasteiger partial charge is 0.267 e. The molecule has 0 aliphatic carbocycles. The number of nitro groups is 1. The van der Waals surface area contributed by atoms with E-state index in [2.05, 4.69) is 0 Å². The van der Waals surface area contributed by atoms with Crippen LogP contribution < -0.4 is 10.9 Å². The van der Waals surface area contributed by atoms with E-state index in [1.165, 1.54) is 12.1 Å². The number of hydrogen-bond donors (Lipinski definition) is 2. The number of benzene rings is 2. The molecule has 0 spiro atoms. The highest BCUT2D eigenvalue weighted by Gasteiger charge is 2.17. The summed E-state index contributed by atoms with van der Waals surface area (Å²) in [5.41, 5.74) is 3.08. The largest absolute Gasteiger partial charge is 0.272 e. The molecule has 2 N–H and O–H groups in total. The van der Waals surface area contributed by atoms with Gasteiger partial charge >= 0.3 is 0 Å². The van der Waals surface area contributed by atoms with Crippen molar-refractivity contribution in [2.75, 3.05) is 0 Å². The normalized spacial score (nSPS) is 10.0. The van der Waals surface area contributed by atoms with E-state index in [0.29, 0.717) is 6.07 Å². The molecule has 23 heavy (non-hydrogen) atoms. The van der Waals surface area contributed by atoms with Crippen LogP contribution in [0.3, 0.4) is 0 Å². The zero-order chi connectivity index (χ0) is 17.0. The van der Waals surface area contributed by atoms with E-state index in [4.69, 9.17) is 0 Å². The molecule has 0 unspecified atom stereocenters. The van der Waals surface area contributed by atoms with Crippen LogP contribution in [0.2, 0.25) is 0 Å². The molecular weight excluding hydrogens is 312 g/mol. The molecule has 0 aromatic heterocycles. The summed E-state index contributed by atoms with van der Waals surface area (Å²) in [5.74, 6) is -3.36. The fraction of sp³-hybridized carbons (Fsp3) is 0. The van der Waals surface area contributed by atoms with E-state index in [1.807, 2.05) is 10.9 Å². The van der Waals surface area contributed by atoms with Crippen LogP contribution in [0.5, 0.6) is 0 Å². The number of halogens is 2. The van der Waals surface area contributed by atoms with E-state index in [0.717, 1.165) is 24.3 Å². The minimum atomic E-state index is -1.10. The maximum Gasteiger partial charge on any atom is 0.272 e. The minimum absolute atomic E-state index is 0.0795. The Kier molecular flexibility index (Phi) is 4.60. The SMILES string of the molecule is O=C(NNC(=O)c1ccc([N+](=O)[O-])cc1F)c1ccc(F)cc1. The number of hydrazine groups is 1. The number of nitro benzene ring substituents is 1. The van der Waals surface area contributed by atoms with Gasteiger partial charge in [0.05, 0.1) is 16.6 Å². The maximum absolute atomic E-state index is 13.6. The van der Waals surface area contributed by atoms with Gasteiger partial charge in [-0.25, -0.2) is 8.78 Å². The van der Waals surface area contributed by atoms with Crippen LogP contribution in [-0.2, 0) is 0 Å². The first kappa shape index (κ1) is 16.0. The second-order valence-electron chi connectivity index (χ2n) is 4.34. The van der Waals surface area contributed by atoms with Gasteiger partial charge in [-0.1, -0.05) is 0 Å². The van der Waals surface area contributed by atoms with E-state index in [9.17, 15) is 28.5 Å². The van der Waals surface area contributed by atoms with Gasteiger partial charge in [-0.15, -0.1) is 0 Å². The third-order valence-electron chi connectivity index (χ3n) is 2.80. The predicted octanol–water partition coefficient (Wildman–Crippen LogP) is 1.95. The Balaban J connectivity index is 2.03. The third kappa shape index (κ3) is 3.84. The van der Waals surface area contributed by atoms with Crippen LogP contribution in [0.4, 0.5) is 14.5 Å². The minimum Gasteiger partial charge on any atom is -0.267 e. The summed E-state index contributed by atoms with van der Waals surface area (Å²) in [5, 5.41) is 10.5. The Morgan fingerprint density at radius 3 is 2.13 bits per heavy atom. The monoisotopic (exact) mass is 321 g/mol. The molecule has 0 aliphatic rings. The molecule has 118 valence electrons. The van der Waals surface area contributed by atoms with E-state index >= 15 is 0 Å². The number of nitrogens with zero attached hydrogens (tertiary/aromatic N) is 1. The Hall–Kier alpha value is -3.36. The third-order valence-corrected chi connectivity index (χ3v) is 2.80. The van der Waals surface area contributed by atoms with Gasteiger partial charge in [0.15, 0.2) is 0 Å². The summed E-state index contributed by atoms with van der Waals surface area (Å²) in [6, 6.07) is 7.00. The van der Waals surface area contributed by atoms with Crippen molar-refractivity contribution < 1.29 is 23.3 Å². The Morgan fingerprint density at radius 2 is 1.57 bits per heavy atom. The van der Waals surface area contributed by atoms with Gasteiger partial charge in [0.1, 0.15) is 11.6 Å². The second-order valence-corrected chi connectivity index (χ2v) is 4.34. The van der Waals surface area contributed by atoms with Crippen LogP contribution in [0.15, 0.2) is 42.5 Å². The van der Waals surface area contributed by atoms with Gasteiger partial charge in [0, 0.05) is 11.6 Å². The average molecular weight is 321 g/mol. The number of hydrogen-bond acceptors (Lipinski definition) is 4. The molecule has 2 aromatic carbocycles. The zero-order valence-corrected chi connectivity index (χ0v) is 11.4. The van der Waals surface area contributed by atoms with Crippen LogP contribution in [0, 0.1) is 21.7 Å². The van der Waals surface area contributed by atoms with Crippen molar-refractivity contribution in [3.8, 4) is 0 Å². The predicted molar refractivity (Wildman–Crippen MR) is 74.4 cm³/mol. The van der Waals surface area contributed by atoms with Crippen molar-refractivity contribution in [1.82, 2.24) is 10.9 Å². The number of carbonyl (C=O) groups excluding carboxylic acids is 2. The lowest BCUT2D eigenvalue weighted by Gasteiger charge is -2.08. The van der Waals surface area contributed by atoms with Gasteiger partial charge in [-0.2, -0.15) is 0 Å². The number of amides is 2. The lowest BCUT2D eigenvalue weighted by molar-refractivity contribution is -0.385. The molecule has 2 rings (SSSR count). The van der Waals surface area contributed by atoms with E-state index < -0.39 is 39.6 Å². The highest BCUT2D eigenvalue weighted by molar-refractivity contribution is 5.99. The molecule has 0 saturated heterocycles. The highest BCUT2D eigenvalue weighted by Crippen LogP contribution is 2.16. The van der Waals surface area contributed by atoms with Crippen LogP contribution in [-0.4, -0.2) is 16.7 Å². The molecular formula is C14H9F2N3O4. The topological polar surface area (TPSA) is 101 Å². The standard InChI is InChI=1S/C14H9F2N3O4/c15-9-3-1-8(2-4-9)13(20)17-18-14(21)11-6-5-10(19(22)23)7-12(11)16/h1-7H,(H,17,20)(H,18,21). The number of non-ortho nitro benzene ring substituents is 1. The highest BCUT2D eigenvalue weighted by atomic mass is 19.1. The quantitative estimate of drug-likeness (QED) is 0.666. The fourth-order valence-electron chi connectivity index (χ4n) is 1.66.